The third-order valence-electron chi connectivity index (χ3n) is 5.59. The molecule has 2 N–H and O–H groups in total. The molecule has 0 unspecified atom stereocenters. The summed E-state index contributed by atoms with van der Waals surface area (Å²) in [5.41, 5.74) is 0.0165. The molecule has 2 rings (SSSR count). The van der Waals surface area contributed by atoms with Gasteiger partial charge in [-0.05, 0) is 56.5 Å². The molecule has 0 spiro atoms. The predicted molar refractivity (Wildman–Crippen MR) is 97.0 cm³/mol. The van der Waals surface area contributed by atoms with Crippen LogP contribution in [0, 0.1) is 16.7 Å². The van der Waals surface area contributed by atoms with Gasteiger partial charge in [-0.1, -0.05) is 26.7 Å². The lowest BCUT2D eigenvalue weighted by Crippen LogP contribution is -2.52. The Morgan fingerprint density at radius 3 is 2.30 bits per heavy atom. The van der Waals surface area contributed by atoms with Crippen molar-refractivity contribution in [3.05, 3.63) is 0 Å². The summed E-state index contributed by atoms with van der Waals surface area (Å²) in [6.07, 6.45) is 8.15. The van der Waals surface area contributed by atoms with Gasteiger partial charge in [-0.25, -0.2) is 0 Å². The summed E-state index contributed by atoms with van der Waals surface area (Å²) in [6.45, 7) is 7.80. The molecule has 2 fully saturated rings. The van der Waals surface area contributed by atoms with Gasteiger partial charge in [0.25, 0.3) is 0 Å². The Morgan fingerprint density at radius 1 is 1.17 bits per heavy atom. The Hall–Kier alpha value is -0.320. The molecule has 0 radical (unpaired) electrons. The number of piperidine rings is 1. The van der Waals surface area contributed by atoms with Crippen LogP contribution < -0.4 is 10.6 Å². The average molecular weight is 347 g/mol. The molecule has 2 aliphatic rings. The SMILES string of the molecule is COCC1(C(=O)NCC2(CC(C)C)CCCC2)CCNCC1.Cl. The van der Waals surface area contributed by atoms with Gasteiger partial charge >= 0.3 is 0 Å². The first-order chi connectivity index (χ1) is 10.5. The standard InChI is InChI=1S/C18H34N2O2.ClH/c1-15(2)12-17(6-4-5-7-17)13-20-16(21)18(14-22-3)8-10-19-11-9-18;/h15,19H,4-14H2,1-3H3,(H,20,21);1H. The van der Waals surface area contributed by atoms with Crippen molar-refractivity contribution in [3.8, 4) is 0 Å². The Morgan fingerprint density at radius 2 is 1.78 bits per heavy atom. The van der Waals surface area contributed by atoms with Gasteiger partial charge in [0.1, 0.15) is 0 Å². The molecule has 0 aromatic carbocycles. The Labute approximate surface area is 147 Å². The molecule has 5 heteroatoms. The molecular weight excluding hydrogens is 312 g/mol. The number of methoxy groups -OCH3 is 1. The average Bonchev–Trinajstić information content (AvgIpc) is 2.94. The largest absolute Gasteiger partial charge is 0.384 e. The number of hydrogen-bond acceptors (Lipinski definition) is 3. The van der Waals surface area contributed by atoms with Crippen LogP contribution in [0.1, 0.15) is 58.8 Å². The van der Waals surface area contributed by atoms with Crippen LogP contribution in [-0.4, -0.2) is 39.3 Å². The molecule has 136 valence electrons. The Balaban J connectivity index is 0.00000264. The highest BCUT2D eigenvalue weighted by molar-refractivity contribution is 5.85. The molecule has 0 atom stereocenters. The summed E-state index contributed by atoms with van der Waals surface area (Å²) in [7, 11) is 1.70. The van der Waals surface area contributed by atoms with Gasteiger partial charge in [0.2, 0.25) is 5.91 Å². The molecule has 1 aliphatic carbocycles. The molecular formula is C18H35ClN2O2. The fourth-order valence-corrected chi connectivity index (χ4v) is 4.52. The smallest absolute Gasteiger partial charge is 0.228 e. The van der Waals surface area contributed by atoms with Gasteiger partial charge in [0, 0.05) is 13.7 Å². The lowest BCUT2D eigenvalue weighted by molar-refractivity contribution is -0.136. The maximum absolute atomic E-state index is 12.9. The van der Waals surface area contributed by atoms with E-state index in [1.54, 1.807) is 7.11 Å². The molecule has 1 saturated heterocycles. The van der Waals surface area contributed by atoms with Gasteiger partial charge in [-0.15, -0.1) is 12.4 Å². The topological polar surface area (TPSA) is 50.4 Å². The monoisotopic (exact) mass is 346 g/mol. The Kier molecular flexibility index (Phi) is 8.32. The van der Waals surface area contributed by atoms with Gasteiger partial charge in [0.15, 0.2) is 0 Å². The van der Waals surface area contributed by atoms with Crippen molar-refractivity contribution in [2.45, 2.75) is 58.8 Å². The zero-order valence-corrected chi connectivity index (χ0v) is 15.9. The molecule has 1 aliphatic heterocycles. The van der Waals surface area contributed by atoms with Crippen molar-refractivity contribution in [1.29, 1.82) is 0 Å². The van der Waals surface area contributed by atoms with Crippen molar-refractivity contribution in [3.63, 3.8) is 0 Å². The second-order valence-electron chi connectivity index (χ2n) is 7.95. The highest BCUT2D eigenvalue weighted by Gasteiger charge is 2.41. The minimum absolute atomic E-state index is 0. The maximum atomic E-state index is 12.9. The number of nitrogens with one attached hydrogen (secondary N) is 2. The summed E-state index contributed by atoms with van der Waals surface area (Å²) in [5.74, 6) is 0.910. The summed E-state index contributed by atoms with van der Waals surface area (Å²) < 4.78 is 5.38. The summed E-state index contributed by atoms with van der Waals surface area (Å²) in [6, 6.07) is 0. The van der Waals surface area contributed by atoms with Crippen molar-refractivity contribution in [2.75, 3.05) is 33.4 Å². The first-order valence-electron chi connectivity index (χ1n) is 9.00. The highest BCUT2D eigenvalue weighted by atomic mass is 35.5. The van der Waals surface area contributed by atoms with Crippen LogP contribution in [0.4, 0.5) is 0 Å². The number of carbonyl (C=O) groups excluding carboxylic acids is 1. The van der Waals surface area contributed by atoms with Crippen molar-refractivity contribution in [1.82, 2.24) is 10.6 Å². The van der Waals surface area contributed by atoms with Crippen LogP contribution >= 0.6 is 12.4 Å². The molecule has 0 aromatic heterocycles. The molecule has 23 heavy (non-hydrogen) atoms. The Bertz CT molecular complexity index is 357. The number of rotatable bonds is 7. The van der Waals surface area contributed by atoms with E-state index in [1.165, 1.54) is 32.1 Å². The fraction of sp³-hybridized carbons (Fsp3) is 0.944. The van der Waals surface area contributed by atoms with Crippen LogP contribution in [0.25, 0.3) is 0 Å². The van der Waals surface area contributed by atoms with Gasteiger partial charge < -0.3 is 15.4 Å². The van der Waals surface area contributed by atoms with Crippen LogP contribution in [-0.2, 0) is 9.53 Å². The molecule has 4 nitrogen and oxygen atoms in total. The second kappa shape index (κ2) is 9.24. The van der Waals surface area contributed by atoms with E-state index >= 15 is 0 Å². The van der Waals surface area contributed by atoms with E-state index in [9.17, 15) is 4.79 Å². The molecule has 0 bridgehead atoms. The van der Waals surface area contributed by atoms with Crippen LogP contribution in [0.5, 0.6) is 0 Å². The highest BCUT2D eigenvalue weighted by Crippen LogP contribution is 2.43. The van der Waals surface area contributed by atoms with Gasteiger partial charge in [-0.2, -0.15) is 0 Å². The van der Waals surface area contributed by atoms with Crippen LogP contribution in [0.15, 0.2) is 0 Å². The van der Waals surface area contributed by atoms with Gasteiger partial charge in [0.05, 0.1) is 12.0 Å². The van der Waals surface area contributed by atoms with E-state index < -0.39 is 0 Å². The maximum Gasteiger partial charge on any atom is 0.228 e. The summed E-state index contributed by atoms with van der Waals surface area (Å²) >= 11 is 0. The lowest BCUT2D eigenvalue weighted by Gasteiger charge is -2.38. The molecule has 0 aromatic rings. The van der Waals surface area contributed by atoms with E-state index in [0.717, 1.165) is 32.5 Å². The van der Waals surface area contributed by atoms with Crippen LogP contribution in [0.2, 0.25) is 0 Å². The van der Waals surface area contributed by atoms with Crippen molar-refractivity contribution in [2.24, 2.45) is 16.7 Å². The quantitative estimate of drug-likeness (QED) is 0.744. The van der Waals surface area contributed by atoms with E-state index in [1.807, 2.05) is 0 Å². The second-order valence-corrected chi connectivity index (χ2v) is 7.95. The third kappa shape index (κ3) is 5.33. The minimum Gasteiger partial charge on any atom is -0.384 e. The van der Waals surface area contributed by atoms with E-state index in [2.05, 4.69) is 24.5 Å². The fourth-order valence-electron chi connectivity index (χ4n) is 4.52. The number of carbonyl (C=O) groups is 1. The van der Waals surface area contributed by atoms with E-state index in [4.69, 9.17) is 4.74 Å². The van der Waals surface area contributed by atoms with Crippen LogP contribution in [0.3, 0.4) is 0 Å². The molecule has 1 saturated carbocycles. The third-order valence-corrected chi connectivity index (χ3v) is 5.59. The van der Waals surface area contributed by atoms with Crippen molar-refractivity contribution < 1.29 is 9.53 Å². The first kappa shape index (κ1) is 20.7. The minimum atomic E-state index is -0.322. The lowest BCUT2D eigenvalue weighted by atomic mass is 9.76. The number of amides is 1. The number of hydrogen-bond donors (Lipinski definition) is 2. The number of halogens is 1. The predicted octanol–water partition coefficient (Wildman–Crippen LogP) is 3.15. The first-order valence-corrected chi connectivity index (χ1v) is 9.00. The number of ether oxygens (including phenoxy) is 1. The summed E-state index contributed by atoms with van der Waals surface area (Å²) in [5, 5.41) is 6.67. The van der Waals surface area contributed by atoms with Gasteiger partial charge in [-0.3, -0.25) is 4.79 Å². The normalized spacial score (nSPS) is 22.6. The zero-order valence-electron chi connectivity index (χ0n) is 15.1. The van der Waals surface area contributed by atoms with E-state index in [-0.39, 0.29) is 23.7 Å². The zero-order chi connectivity index (χ0) is 16.1. The van der Waals surface area contributed by atoms with Crippen molar-refractivity contribution >= 4 is 18.3 Å². The van der Waals surface area contributed by atoms with E-state index in [0.29, 0.717) is 17.9 Å². The molecule has 1 amide bonds. The summed E-state index contributed by atoms with van der Waals surface area (Å²) in [4.78, 5) is 12.9. The molecule has 1 heterocycles.